The molecule has 0 saturated carbocycles. The molecule has 1 aliphatic heterocycles. The van der Waals surface area contributed by atoms with Gasteiger partial charge in [0.2, 0.25) is 0 Å². The molecule has 6 rings (SSSR count). The van der Waals surface area contributed by atoms with Gasteiger partial charge in [-0.15, -0.1) is 0 Å². The average Bonchev–Trinajstić information content (AvgIpc) is 3.46. The van der Waals surface area contributed by atoms with Gasteiger partial charge in [0.05, 0.1) is 11.4 Å². The lowest BCUT2D eigenvalue weighted by molar-refractivity contribution is 0.186. The summed E-state index contributed by atoms with van der Waals surface area (Å²) in [5.41, 5.74) is 2.49. The number of fused-ring (bicyclic) bond motifs is 5. The Morgan fingerprint density at radius 2 is 1.62 bits per heavy atom. The van der Waals surface area contributed by atoms with E-state index in [0.717, 1.165) is 71.0 Å². The van der Waals surface area contributed by atoms with Crippen LogP contribution >= 0.6 is 0 Å². The predicted octanol–water partition coefficient (Wildman–Crippen LogP) is 8.24. The van der Waals surface area contributed by atoms with Crippen LogP contribution in [-0.4, -0.2) is 41.2 Å². The molecule has 1 unspecified atom stereocenters. The van der Waals surface area contributed by atoms with Crippen LogP contribution in [0.25, 0.3) is 38.8 Å². The Bertz CT molecular complexity index is 1760. The predicted molar refractivity (Wildman–Crippen MR) is 171 cm³/mol. The molecule has 0 aliphatic carbocycles. The van der Waals surface area contributed by atoms with Crippen molar-refractivity contribution in [2.45, 2.75) is 39.7 Å². The number of hydrogen-bond donors (Lipinski definition) is 1. The number of carbonyl (C=O) groups excluding carboxylic acids is 1. The molecule has 1 aromatic heterocycles. The standard InChI is InChI=1S/C36H37N3O3/c1-4-38(5-2)21-11-13-25(3)37-36(40)42-35-31-20-12-22-39(31)32-23-27-15-6-7-16-28(27)24-33(32)41-34(35)30-19-10-17-26-14-8-9-18-29(26)30/h6-10,12,14-20,22-25H,4-5,11,13,21H2,1-3H3,(H,37,40). The second-order valence-electron chi connectivity index (χ2n) is 10.8. The summed E-state index contributed by atoms with van der Waals surface area (Å²) in [5.74, 6) is 1.58. The Labute approximate surface area is 247 Å². The minimum Gasteiger partial charge on any atom is -0.450 e. The van der Waals surface area contributed by atoms with Gasteiger partial charge in [-0.1, -0.05) is 80.6 Å². The molecule has 1 N–H and O–H groups in total. The van der Waals surface area contributed by atoms with Crippen LogP contribution in [0.3, 0.4) is 0 Å². The van der Waals surface area contributed by atoms with Gasteiger partial charge in [-0.05, 0) is 85.2 Å². The van der Waals surface area contributed by atoms with E-state index in [4.69, 9.17) is 9.47 Å². The molecule has 0 bridgehead atoms. The van der Waals surface area contributed by atoms with Gasteiger partial charge in [0.15, 0.2) is 17.3 Å². The second-order valence-corrected chi connectivity index (χ2v) is 10.8. The Hall–Kier alpha value is -4.55. The maximum Gasteiger partial charge on any atom is 0.413 e. The number of benzene rings is 4. The first-order valence-corrected chi connectivity index (χ1v) is 14.9. The normalized spacial score (nSPS) is 13.4. The molecule has 0 radical (unpaired) electrons. The van der Waals surface area contributed by atoms with Crippen molar-refractivity contribution >= 4 is 39.2 Å². The summed E-state index contributed by atoms with van der Waals surface area (Å²) in [4.78, 5) is 15.8. The SMILES string of the molecule is CCN(CC)CCCC(C)NC(=O)OC1=C(c2cccc3ccccc23)Oc2cc3ccccc3cc2-n2cccc21. The van der Waals surface area contributed by atoms with Gasteiger partial charge in [-0.3, -0.25) is 0 Å². The van der Waals surface area contributed by atoms with E-state index in [0.29, 0.717) is 17.3 Å². The lowest BCUT2D eigenvalue weighted by Crippen LogP contribution is -2.34. The fraction of sp³-hybridized carbons (Fsp3) is 0.250. The number of rotatable bonds is 9. The molecule has 214 valence electrons. The van der Waals surface area contributed by atoms with E-state index in [1.807, 2.05) is 66.2 Å². The molecule has 6 heteroatoms. The molecule has 2 heterocycles. The highest BCUT2D eigenvalue weighted by Crippen LogP contribution is 2.42. The maximum atomic E-state index is 13.4. The fourth-order valence-electron chi connectivity index (χ4n) is 5.78. The third-order valence-corrected chi connectivity index (χ3v) is 8.09. The van der Waals surface area contributed by atoms with E-state index in [9.17, 15) is 4.79 Å². The van der Waals surface area contributed by atoms with Gasteiger partial charge >= 0.3 is 6.09 Å². The fourth-order valence-corrected chi connectivity index (χ4v) is 5.78. The first-order chi connectivity index (χ1) is 20.6. The minimum atomic E-state index is -0.495. The van der Waals surface area contributed by atoms with Crippen molar-refractivity contribution in [2.75, 3.05) is 19.6 Å². The van der Waals surface area contributed by atoms with Crippen molar-refractivity contribution in [3.05, 3.63) is 108 Å². The average molecular weight is 560 g/mol. The van der Waals surface area contributed by atoms with E-state index in [2.05, 4.69) is 66.5 Å². The Kier molecular flexibility index (Phi) is 7.97. The molecule has 42 heavy (non-hydrogen) atoms. The minimum absolute atomic E-state index is 0.0318. The van der Waals surface area contributed by atoms with Gasteiger partial charge in [0.1, 0.15) is 0 Å². The maximum absolute atomic E-state index is 13.4. The Morgan fingerprint density at radius 3 is 2.40 bits per heavy atom. The van der Waals surface area contributed by atoms with E-state index in [-0.39, 0.29) is 6.04 Å². The molecule has 1 amide bonds. The molecule has 0 saturated heterocycles. The first-order valence-electron chi connectivity index (χ1n) is 14.9. The number of nitrogens with one attached hydrogen (secondary N) is 1. The number of ether oxygens (including phenoxy) is 2. The van der Waals surface area contributed by atoms with Crippen molar-refractivity contribution < 1.29 is 14.3 Å². The highest BCUT2D eigenvalue weighted by Gasteiger charge is 2.28. The van der Waals surface area contributed by atoms with Crippen molar-refractivity contribution in [1.29, 1.82) is 0 Å². The molecular weight excluding hydrogens is 522 g/mol. The summed E-state index contributed by atoms with van der Waals surface area (Å²) in [6.07, 6.45) is 3.36. The lowest BCUT2D eigenvalue weighted by Gasteiger charge is -2.20. The number of hydrogen-bond acceptors (Lipinski definition) is 4. The van der Waals surface area contributed by atoms with Crippen molar-refractivity contribution in [3.63, 3.8) is 0 Å². The molecule has 5 aromatic rings. The zero-order valence-electron chi connectivity index (χ0n) is 24.5. The van der Waals surface area contributed by atoms with E-state index in [1.54, 1.807) is 0 Å². The Morgan fingerprint density at radius 1 is 0.905 bits per heavy atom. The monoisotopic (exact) mass is 559 g/mol. The van der Waals surface area contributed by atoms with E-state index >= 15 is 0 Å². The van der Waals surface area contributed by atoms with Crippen LogP contribution in [0.1, 0.15) is 44.9 Å². The molecule has 1 aliphatic rings. The van der Waals surface area contributed by atoms with Crippen molar-refractivity contribution in [2.24, 2.45) is 0 Å². The summed E-state index contributed by atoms with van der Waals surface area (Å²) in [6.45, 7) is 9.45. The molecular formula is C36H37N3O3. The van der Waals surface area contributed by atoms with Crippen molar-refractivity contribution in [3.8, 4) is 11.4 Å². The van der Waals surface area contributed by atoms with Gasteiger partial charge in [-0.2, -0.15) is 0 Å². The highest BCUT2D eigenvalue weighted by molar-refractivity contribution is 6.00. The lowest BCUT2D eigenvalue weighted by atomic mass is 10.0. The molecule has 1 atom stereocenters. The van der Waals surface area contributed by atoms with Gasteiger partial charge in [0.25, 0.3) is 0 Å². The van der Waals surface area contributed by atoms with Gasteiger partial charge in [-0.25, -0.2) is 4.79 Å². The van der Waals surface area contributed by atoms with Gasteiger partial charge < -0.3 is 24.3 Å². The topological polar surface area (TPSA) is 55.7 Å². The molecule has 0 spiro atoms. The molecule has 6 nitrogen and oxygen atoms in total. The number of nitrogens with zero attached hydrogens (tertiary/aromatic N) is 2. The smallest absolute Gasteiger partial charge is 0.413 e. The van der Waals surface area contributed by atoms with Crippen LogP contribution in [0.15, 0.2) is 97.2 Å². The summed E-state index contributed by atoms with van der Waals surface area (Å²) in [7, 11) is 0. The summed E-state index contributed by atoms with van der Waals surface area (Å²) >= 11 is 0. The number of amides is 1. The third-order valence-electron chi connectivity index (χ3n) is 8.09. The number of aromatic nitrogens is 1. The van der Waals surface area contributed by atoms with Crippen LogP contribution in [-0.2, 0) is 4.74 Å². The Balaban J connectivity index is 1.40. The molecule has 4 aromatic carbocycles. The summed E-state index contributed by atoms with van der Waals surface area (Å²) < 4.78 is 15.0. The van der Waals surface area contributed by atoms with Crippen LogP contribution < -0.4 is 10.1 Å². The third kappa shape index (κ3) is 5.50. The zero-order chi connectivity index (χ0) is 29.1. The zero-order valence-corrected chi connectivity index (χ0v) is 24.5. The van der Waals surface area contributed by atoms with Crippen LogP contribution in [0.4, 0.5) is 4.79 Å². The summed E-state index contributed by atoms with van der Waals surface area (Å²) in [6, 6.07) is 30.6. The van der Waals surface area contributed by atoms with Crippen LogP contribution in [0, 0.1) is 0 Å². The number of alkyl carbamates (subject to hydrolysis) is 1. The van der Waals surface area contributed by atoms with Crippen molar-refractivity contribution in [1.82, 2.24) is 14.8 Å². The largest absolute Gasteiger partial charge is 0.450 e. The van der Waals surface area contributed by atoms with E-state index in [1.165, 1.54) is 0 Å². The highest BCUT2D eigenvalue weighted by atomic mass is 16.6. The van der Waals surface area contributed by atoms with Gasteiger partial charge in [0, 0.05) is 17.8 Å². The second kappa shape index (κ2) is 12.1. The summed E-state index contributed by atoms with van der Waals surface area (Å²) in [5, 5.41) is 7.33. The number of carbonyl (C=O) groups is 1. The quantitative estimate of drug-likeness (QED) is 0.198. The van der Waals surface area contributed by atoms with Crippen LogP contribution in [0.5, 0.6) is 5.75 Å². The molecule has 0 fully saturated rings. The van der Waals surface area contributed by atoms with E-state index < -0.39 is 6.09 Å². The first kappa shape index (κ1) is 27.6. The van der Waals surface area contributed by atoms with Crippen LogP contribution in [0.2, 0.25) is 0 Å².